The lowest BCUT2D eigenvalue weighted by atomic mass is 10.1. The maximum absolute atomic E-state index is 5.13. The molecule has 2 aromatic carbocycles. The molecule has 0 spiro atoms. The normalized spacial score (nSPS) is 10.0. The van der Waals surface area contributed by atoms with Crippen molar-refractivity contribution < 1.29 is 4.74 Å². The van der Waals surface area contributed by atoms with Gasteiger partial charge in [0, 0.05) is 0 Å². The van der Waals surface area contributed by atoms with Crippen LogP contribution >= 0.6 is 0 Å². The monoisotopic (exact) mass is 184 g/mol. The fourth-order valence-electron chi connectivity index (χ4n) is 1.48. The molecule has 2 rings (SSSR count). The third-order valence-corrected chi connectivity index (χ3v) is 2.18. The molecule has 0 atom stereocenters. The minimum Gasteiger partial charge on any atom is -0.497 e. The second-order valence-corrected chi connectivity index (χ2v) is 3.16. The van der Waals surface area contributed by atoms with Gasteiger partial charge in [-0.2, -0.15) is 0 Å². The van der Waals surface area contributed by atoms with E-state index in [0.29, 0.717) is 6.61 Å². The first-order valence-electron chi connectivity index (χ1n) is 4.60. The number of hydrogen-bond donors (Lipinski definition) is 0. The van der Waals surface area contributed by atoms with Crippen LogP contribution in [0.4, 0.5) is 0 Å². The van der Waals surface area contributed by atoms with Gasteiger partial charge >= 0.3 is 0 Å². The van der Waals surface area contributed by atoms with Gasteiger partial charge in [-0.15, -0.1) is 0 Å². The van der Waals surface area contributed by atoms with Gasteiger partial charge in [0.1, 0.15) is 6.61 Å². The van der Waals surface area contributed by atoms with Crippen LogP contribution in [0.25, 0.3) is 10.8 Å². The highest BCUT2D eigenvalue weighted by molar-refractivity contribution is 5.82. The van der Waals surface area contributed by atoms with E-state index in [1.807, 2.05) is 12.1 Å². The van der Waals surface area contributed by atoms with Crippen molar-refractivity contribution >= 4 is 10.8 Å². The van der Waals surface area contributed by atoms with Crippen LogP contribution in [0.15, 0.2) is 55.3 Å². The highest BCUT2D eigenvalue weighted by Gasteiger charge is 1.94. The van der Waals surface area contributed by atoms with Gasteiger partial charge in [0.05, 0.1) is 6.26 Å². The summed E-state index contributed by atoms with van der Waals surface area (Å²) < 4.78 is 5.13. The Hall–Kier alpha value is -1.76. The predicted octanol–water partition coefficient (Wildman–Crippen LogP) is 3.50. The zero-order valence-electron chi connectivity index (χ0n) is 7.94. The lowest BCUT2D eigenvalue weighted by Gasteiger charge is -2.02. The molecule has 1 heteroatoms. The summed E-state index contributed by atoms with van der Waals surface area (Å²) >= 11 is 0. The molecule has 0 saturated carbocycles. The van der Waals surface area contributed by atoms with Crippen molar-refractivity contribution in [2.75, 3.05) is 0 Å². The van der Waals surface area contributed by atoms with Gasteiger partial charge in [-0.1, -0.05) is 43.0 Å². The fourth-order valence-corrected chi connectivity index (χ4v) is 1.48. The Bertz CT molecular complexity index is 446. The molecule has 0 heterocycles. The molecular formula is C13H12O. The van der Waals surface area contributed by atoms with Gasteiger partial charge < -0.3 is 4.74 Å². The van der Waals surface area contributed by atoms with Crippen molar-refractivity contribution in [1.82, 2.24) is 0 Å². The van der Waals surface area contributed by atoms with Crippen LogP contribution < -0.4 is 0 Å². The van der Waals surface area contributed by atoms with Gasteiger partial charge in [0.2, 0.25) is 0 Å². The first-order valence-corrected chi connectivity index (χ1v) is 4.60. The first-order chi connectivity index (χ1) is 6.90. The molecule has 0 N–H and O–H groups in total. The fraction of sp³-hybridized carbons (Fsp3) is 0.0769. The Morgan fingerprint density at radius 3 is 2.64 bits per heavy atom. The van der Waals surface area contributed by atoms with E-state index in [1.54, 1.807) is 0 Å². The molecule has 0 radical (unpaired) electrons. The number of rotatable bonds is 3. The van der Waals surface area contributed by atoms with Gasteiger partial charge in [-0.3, -0.25) is 0 Å². The van der Waals surface area contributed by atoms with Crippen LogP contribution in [-0.2, 0) is 11.3 Å². The maximum Gasteiger partial charge on any atom is 0.112 e. The third kappa shape index (κ3) is 1.77. The van der Waals surface area contributed by atoms with E-state index in [-0.39, 0.29) is 0 Å². The van der Waals surface area contributed by atoms with Crippen LogP contribution in [0.3, 0.4) is 0 Å². The van der Waals surface area contributed by atoms with Crippen LogP contribution in [0.2, 0.25) is 0 Å². The average molecular weight is 184 g/mol. The zero-order valence-corrected chi connectivity index (χ0v) is 7.94. The molecular weight excluding hydrogens is 172 g/mol. The summed E-state index contributed by atoms with van der Waals surface area (Å²) in [6, 6.07) is 14.6. The van der Waals surface area contributed by atoms with E-state index in [1.165, 1.54) is 22.6 Å². The molecule has 0 aliphatic rings. The number of hydrogen-bond acceptors (Lipinski definition) is 1. The van der Waals surface area contributed by atoms with Crippen molar-refractivity contribution in [3.63, 3.8) is 0 Å². The highest BCUT2D eigenvalue weighted by Crippen LogP contribution is 2.15. The van der Waals surface area contributed by atoms with E-state index in [4.69, 9.17) is 4.74 Å². The van der Waals surface area contributed by atoms with Crippen molar-refractivity contribution in [1.29, 1.82) is 0 Å². The smallest absolute Gasteiger partial charge is 0.112 e. The van der Waals surface area contributed by atoms with E-state index in [0.717, 1.165) is 0 Å². The van der Waals surface area contributed by atoms with Crippen LogP contribution in [0.5, 0.6) is 0 Å². The molecule has 0 aliphatic carbocycles. The summed E-state index contributed by atoms with van der Waals surface area (Å²) in [6.45, 7) is 4.11. The summed E-state index contributed by atoms with van der Waals surface area (Å²) in [6.07, 6.45) is 1.47. The highest BCUT2D eigenvalue weighted by atomic mass is 16.5. The minimum atomic E-state index is 0.592. The molecule has 0 saturated heterocycles. The standard InChI is InChI=1S/C13H12O/c1-2-14-10-11-7-8-12-5-3-4-6-13(12)9-11/h2-9H,1,10H2. The van der Waals surface area contributed by atoms with Gasteiger partial charge in [-0.25, -0.2) is 0 Å². The largest absolute Gasteiger partial charge is 0.497 e. The summed E-state index contributed by atoms with van der Waals surface area (Å²) in [5.41, 5.74) is 1.17. The Balaban J connectivity index is 2.36. The Labute approximate surface area is 83.6 Å². The molecule has 70 valence electrons. The molecule has 0 aromatic heterocycles. The summed E-state index contributed by atoms with van der Waals surface area (Å²) in [5.74, 6) is 0. The van der Waals surface area contributed by atoms with Crippen LogP contribution in [-0.4, -0.2) is 0 Å². The SMILES string of the molecule is C=COCc1ccc2ccccc2c1. The molecule has 0 bridgehead atoms. The molecule has 0 aliphatic heterocycles. The van der Waals surface area contributed by atoms with Crippen molar-refractivity contribution in [3.8, 4) is 0 Å². The third-order valence-electron chi connectivity index (χ3n) is 2.18. The second kappa shape index (κ2) is 3.97. The number of benzene rings is 2. The predicted molar refractivity (Wildman–Crippen MR) is 58.9 cm³/mol. The second-order valence-electron chi connectivity index (χ2n) is 3.16. The number of ether oxygens (including phenoxy) is 1. The van der Waals surface area contributed by atoms with Crippen molar-refractivity contribution in [2.24, 2.45) is 0 Å². The van der Waals surface area contributed by atoms with E-state index in [9.17, 15) is 0 Å². The van der Waals surface area contributed by atoms with E-state index >= 15 is 0 Å². The summed E-state index contributed by atoms with van der Waals surface area (Å²) in [4.78, 5) is 0. The quantitative estimate of drug-likeness (QED) is 0.663. The van der Waals surface area contributed by atoms with Gasteiger partial charge in [0.15, 0.2) is 0 Å². The van der Waals surface area contributed by atoms with Crippen LogP contribution in [0, 0.1) is 0 Å². The Kier molecular flexibility index (Phi) is 2.50. The molecule has 14 heavy (non-hydrogen) atoms. The van der Waals surface area contributed by atoms with Gasteiger partial charge in [-0.05, 0) is 22.4 Å². The Morgan fingerprint density at radius 2 is 1.86 bits per heavy atom. The van der Waals surface area contributed by atoms with Crippen molar-refractivity contribution in [3.05, 3.63) is 60.9 Å². The van der Waals surface area contributed by atoms with E-state index in [2.05, 4.69) is 36.9 Å². The molecule has 2 aromatic rings. The topological polar surface area (TPSA) is 9.23 Å². The van der Waals surface area contributed by atoms with Crippen molar-refractivity contribution in [2.45, 2.75) is 6.61 Å². The lowest BCUT2D eigenvalue weighted by molar-refractivity contribution is 0.238. The first kappa shape index (κ1) is 8.82. The van der Waals surface area contributed by atoms with Crippen LogP contribution in [0.1, 0.15) is 5.56 Å². The molecule has 1 nitrogen and oxygen atoms in total. The van der Waals surface area contributed by atoms with Gasteiger partial charge in [0.25, 0.3) is 0 Å². The van der Waals surface area contributed by atoms with E-state index < -0.39 is 0 Å². The number of fused-ring (bicyclic) bond motifs is 1. The summed E-state index contributed by atoms with van der Waals surface area (Å²) in [5, 5.41) is 2.51. The minimum absolute atomic E-state index is 0.592. The molecule has 0 amide bonds. The average Bonchev–Trinajstić information content (AvgIpc) is 2.26. The lowest BCUT2D eigenvalue weighted by Crippen LogP contribution is -1.85. The maximum atomic E-state index is 5.13. The zero-order chi connectivity index (χ0) is 9.80. The molecule has 0 fully saturated rings. The Morgan fingerprint density at radius 1 is 1.07 bits per heavy atom. The molecule has 0 unspecified atom stereocenters. The summed E-state index contributed by atoms with van der Waals surface area (Å²) in [7, 11) is 0.